The van der Waals surface area contributed by atoms with Crippen molar-refractivity contribution in [1.82, 2.24) is 15.2 Å². The van der Waals surface area contributed by atoms with E-state index in [-0.39, 0.29) is 6.09 Å². The van der Waals surface area contributed by atoms with E-state index in [4.69, 9.17) is 19.4 Å². The average Bonchev–Trinajstić information content (AvgIpc) is 3.26. The van der Waals surface area contributed by atoms with Gasteiger partial charge in [0.2, 0.25) is 0 Å². The summed E-state index contributed by atoms with van der Waals surface area (Å²) in [4.78, 5) is 26.9. The first kappa shape index (κ1) is 24.1. The second-order valence-corrected chi connectivity index (χ2v) is 8.21. The molecule has 0 spiro atoms. The normalized spacial score (nSPS) is 24.1. The van der Waals surface area contributed by atoms with Gasteiger partial charge in [0.25, 0.3) is 0 Å². The first-order valence-electron chi connectivity index (χ1n) is 10.8. The van der Waals surface area contributed by atoms with Crippen molar-refractivity contribution in [2.24, 2.45) is 5.92 Å². The molecule has 1 aromatic rings. The van der Waals surface area contributed by atoms with Crippen LogP contribution in [-0.4, -0.2) is 72.1 Å². The third-order valence-corrected chi connectivity index (χ3v) is 5.78. The summed E-state index contributed by atoms with van der Waals surface area (Å²) in [6.07, 6.45) is 3.97. The molecule has 3 heterocycles. The molecule has 2 aliphatic heterocycles. The molecule has 3 aliphatic rings. The quantitative estimate of drug-likeness (QED) is 0.646. The van der Waals surface area contributed by atoms with E-state index in [2.05, 4.69) is 16.4 Å². The van der Waals surface area contributed by atoms with Crippen LogP contribution in [0.5, 0.6) is 5.75 Å². The number of carboxylic acids is 1. The van der Waals surface area contributed by atoms with Crippen LogP contribution in [0.1, 0.15) is 43.6 Å². The number of rotatable bonds is 7. The van der Waals surface area contributed by atoms with E-state index in [0.717, 1.165) is 51.1 Å². The first-order valence-corrected chi connectivity index (χ1v) is 10.8. The lowest BCUT2D eigenvalue weighted by Crippen LogP contribution is -2.46. The first-order chi connectivity index (χ1) is 15.2. The number of hydrogen-bond donors (Lipinski definition) is 2. The smallest absolute Gasteiger partial charge is 0.490 e. The van der Waals surface area contributed by atoms with Gasteiger partial charge in [-0.2, -0.15) is 13.2 Å². The number of alkyl halides is 3. The molecule has 1 aliphatic carbocycles. The Labute approximate surface area is 184 Å². The molecule has 0 bridgehead atoms. The SMILES string of the molecule is O=C(O)C(F)(F)F.O=C(OCC[C@H]1C[C@@H]1c1cncc(OC[C@@H]2CCN2)c1)N1CCCC1. The van der Waals surface area contributed by atoms with Crippen LogP contribution in [0.15, 0.2) is 18.5 Å². The molecule has 0 aromatic carbocycles. The summed E-state index contributed by atoms with van der Waals surface area (Å²) >= 11 is 0. The van der Waals surface area contributed by atoms with Gasteiger partial charge in [-0.25, -0.2) is 9.59 Å². The number of amides is 1. The predicted octanol–water partition coefficient (Wildman–Crippen LogP) is 3.18. The molecular weight excluding hydrogens is 431 g/mol. The second kappa shape index (κ2) is 10.8. The molecular formula is C21H28F3N3O5. The number of nitrogens with zero attached hydrogens (tertiary/aromatic N) is 2. The summed E-state index contributed by atoms with van der Waals surface area (Å²) in [5, 5.41) is 10.5. The molecule has 0 unspecified atom stereocenters. The van der Waals surface area contributed by atoms with Gasteiger partial charge in [0.1, 0.15) is 12.4 Å². The number of ether oxygens (including phenoxy) is 2. The van der Waals surface area contributed by atoms with Crippen LogP contribution < -0.4 is 10.1 Å². The molecule has 8 nitrogen and oxygen atoms in total. The number of aliphatic carboxylic acids is 1. The fourth-order valence-corrected chi connectivity index (χ4v) is 3.67. The maximum Gasteiger partial charge on any atom is 0.490 e. The van der Waals surface area contributed by atoms with Crippen LogP contribution in [0.25, 0.3) is 0 Å². The summed E-state index contributed by atoms with van der Waals surface area (Å²) in [6.45, 7) is 4.02. The van der Waals surface area contributed by atoms with Crippen LogP contribution >= 0.6 is 0 Å². The minimum absolute atomic E-state index is 0.142. The molecule has 11 heteroatoms. The third-order valence-electron chi connectivity index (χ3n) is 5.78. The summed E-state index contributed by atoms with van der Waals surface area (Å²) < 4.78 is 43.0. The molecule has 178 valence electrons. The van der Waals surface area contributed by atoms with Crippen molar-refractivity contribution in [3.8, 4) is 5.75 Å². The van der Waals surface area contributed by atoms with Gasteiger partial charge in [0.15, 0.2) is 0 Å². The number of halogens is 3. The molecule has 1 saturated carbocycles. The van der Waals surface area contributed by atoms with Gasteiger partial charge in [-0.3, -0.25) is 4.98 Å². The zero-order valence-corrected chi connectivity index (χ0v) is 17.6. The molecule has 32 heavy (non-hydrogen) atoms. The Morgan fingerprint density at radius 1 is 1.25 bits per heavy atom. The fourth-order valence-electron chi connectivity index (χ4n) is 3.67. The van der Waals surface area contributed by atoms with Gasteiger partial charge in [0.05, 0.1) is 12.8 Å². The maximum atomic E-state index is 11.9. The monoisotopic (exact) mass is 459 g/mol. The van der Waals surface area contributed by atoms with Gasteiger partial charge in [0, 0.05) is 25.3 Å². The molecule has 3 atom stereocenters. The Hall–Kier alpha value is -2.56. The van der Waals surface area contributed by atoms with E-state index in [1.54, 1.807) is 6.20 Å². The number of pyridine rings is 1. The highest BCUT2D eigenvalue weighted by atomic mass is 19.4. The topological polar surface area (TPSA) is 101 Å². The number of hydrogen-bond acceptors (Lipinski definition) is 6. The summed E-state index contributed by atoms with van der Waals surface area (Å²) in [6, 6.07) is 2.61. The van der Waals surface area contributed by atoms with Crippen molar-refractivity contribution in [3.05, 3.63) is 24.0 Å². The number of carbonyl (C=O) groups is 2. The van der Waals surface area contributed by atoms with Crippen molar-refractivity contribution in [2.75, 3.05) is 32.8 Å². The van der Waals surface area contributed by atoms with E-state index in [0.29, 0.717) is 31.1 Å². The maximum absolute atomic E-state index is 11.9. The Balaban J connectivity index is 0.000000360. The Kier molecular flexibility index (Phi) is 8.16. The number of likely N-dealkylation sites (tertiary alicyclic amines) is 1. The Morgan fingerprint density at radius 2 is 1.94 bits per heavy atom. The Morgan fingerprint density at radius 3 is 2.53 bits per heavy atom. The van der Waals surface area contributed by atoms with E-state index in [1.165, 1.54) is 12.0 Å². The number of carbonyl (C=O) groups excluding carboxylic acids is 1. The largest absolute Gasteiger partial charge is 0.490 e. The van der Waals surface area contributed by atoms with Gasteiger partial charge in [-0.15, -0.1) is 0 Å². The van der Waals surface area contributed by atoms with Gasteiger partial charge in [-0.1, -0.05) is 0 Å². The summed E-state index contributed by atoms with van der Waals surface area (Å²) in [7, 11) is 0. The van der Waals surface area contributed by atoms with Gasteiger partial charge < -0.3 is 24.8 Å². The van der Waals surface area contributed by atoms with Crippen LogP contribution in [0.2, 0.25) is 0 Å². The zero-order chi connectivity index (χ0) is 23.1. The molecule has 0 radical (unpaired) electrons. The van der Waals surface area contributed by atoms with Crippen LogP contribution in [0, 0.1) is 5.92 Å². The Bertz CT molecular complexity index is 782. The number of nitrogens with one attached hydrogen (secondary N) is 1. The number of carboxylic acid groups (broad SMARTS) is 1. The lowest BCUT2D eigenvalue weighted by Gasteiger charge is -2.27. The highest BCUT2D eigenvalue weighted by Gasteiger charge is 2.39. The van der Waals surface area contributed by atoms with E-state index >= 15 is 0 Å². The van der Waals surface area contributed by atoms with Crippen LogP contribution in [0.3, 0.4) is 0 Å². The average molecular weight is 459 g/mol. The third kappa shape index (κ3) is 7.25. The van der Waals surface area contributed by atoms with E-state index < -0.39 is 12.1 Å². The second-order valence-electron chi connectivity index (χ2n) is 8.21. The minimum atomic E-state index is -5.08. The van der Waals surface area contributed by atoms with Gasteiger partial charge >= 0.3 is 18.2 Å². The molecule has 2 saturated heterocycles. The molecule has 3 fully saturated rings. The lowest BCUT2D eigenvalue weighted by molar-refractivity contribution is -0.192. The standard InChI is InChI=1S/C19H27N3O3.C2HF3O2/c23-19(22-6-1-2-7-22)24-8-4-14-10-18(14)15-9-17(12-20-11-15)25-13-16-3-5-21-16;3-2(4,5)1(6)7/h9,11-12,14,16,18,21H,1-8,10,13H2;(H,6,7)/t14-,16-,18-;/m0./s1. The molecule has 1 amide bonds. The van der Waals surface area contributed by atoms with Crippen molar-refractivity contribution in [2.45, 2.75) is 50.2 Å². The highest BCUT2D eigenvalue weighted by Crippen LogP contribution is 2.49. The zero-order valence-electron chi connectivity index (χ0n) is 17.6. The predicted molar refractivity (Wildman–Crippen MR) is 107 cm³/mol. The van der Waals surface area contributed by atoms with Crippen molar-refractivity contribution in [3.63, 3.8) is 0 Å². The number of aromatic nitrogens is 1. The molecule has 2 N–H and O–H groups in total. The molecule has 1 aromatic heterocycles. The molecule has 4 rings (SSSR count). The highest BCUT2D eigenvalue weighted by molar-refractivity contribution is 5.73. The van der Waals surface area contributed by atoms with Crippen LogP contribution in [-0.2, 0) is 9.53 Å². The van der Waals surface area contributed by atoms with Crippen LogP contribution in [0.4, 0.5) is 18.0 Å². The minimum Gasteiger partial charge on any atom is -0.490 e. The lowest BCUT2D eigenvalue weighted by atomic mass is 10.1. The summed E-state index contributed by atoms with van der Waals surface area (Å²) in [5.74, 6) is -0.773. The fraction of sp³-hybridized carbons (Fsp3) is 0.667. The van der Waals surface area contributed by atoms with Crippen molar-refractivity contribution >= 4 is 12.1 Å². The van der Waals surface area contributed by atoms with Gasteiger partial charge in [-0.05, 0) is 62.1 Å². The summed E-state index contributed by atoms with van der Waals surface area (Å²) in [5.41, 5.74) is 1.25. The van der Waals surface area contributed by atoms with Crippen molar-refractivity contribution < 1.29 is 37.3 Å². The van der Waals surface area contributed by atoms with E-state index in [9.17, 15) is 18.0 Å². The van der Waals surface area contributed by atoms with Crippen molar-refractivity contribution in [1.29, 1.82) is 0 Å². The van der Waals surface area contributed by atoms with E-state index in [1.807, 2.05) is 11.1 Å².